The molecule has 0 bridgehead atoms. The first-order chi connectivity index (χ1) is 10.5. The number of fused-ring (bicyclic) bond motifs is 1. The number of nitrogens with zero attached hydrogens (tertiary/aromatic N) is 2. The van der Waals surface area contributed by atoms with Crippen LogP contribution in [0.2, 0.25) is 0 Å². The summed E-state index contributed by atoms with van der Waals surface area (Å²) in [6.07, 6.45) is 3.54. The number of aromatic nitrogens is 1. The van der Waals surface area contributed by atoms with Crippen molar-refractivity contribution in [2.75, 3.05) is 13.1 Å². The summed E-state index contributed by atoms with van der Waals surface area (Å²) < 4.78 is 6.61. The van der Waals surface area contributed by atoms with E-state index in [9.17, 15) is 9.59 Å². The van der Waals surface area contributed by atoms with Gasteiger partial charge in [-0.1, -0.05) is 13.0 Å². The van der Waals surface area contributed by atoms with Gasteiger partial charge >= 0.3 is 5.76 Å². The van der Waals surface area contributed by atoms with Crippen LogP contribution < -0.4 is 5.76 Å². The van der Waals surface area contributed by atoms with Crippen LogP contribution in [0.1, 0.15) is 31.7 Å². The molecule has 1 amide bonds. The Morgan fingerprint density at radius 3 is 3.00 bits per heavy atom. The number of carbonyl (C=O) groups excluding carboxylic acids is 1. The maximum Gasteiger partial charge on any atom is 0.419 e. The molecule has 0 spiro atoms. The van der Waals surface area contributed by atoms with Gasteiger partial charge in [0.15, 0.2) is 5.58 Å². The monoisotopic (exact) mass is 302 g/mol. The zero-order valence-corrected chi connectivity index (χ0v) is 13.2. The minimum absolute atomic E-state index is 0.229. The fourth-order valence-electron chi connectivity index (χ4n) is 3.15. The molecule has 2 heterocycles. The third-order valence-corrected chi connectivity index (χ3v) is 4.49. The fourth-order valence-corrected chi connectivity index (χ4v) is 3.15. The second-order valence-corrected chi connectivity index (χ2v) is 6.32. The van der Waals surface area contributed by atoms with Crippen LogP contribution >= 0.6 is 0 Å². The molecule has 1 aromatic carbocycles. The summed E-state index contributed by atoms with van der Waals surface area (Å²) in [4.78, 5) is 25.8. The molecule has 1 atom stereocenters. The molecule has 0 saturated carbocycles. The number of oxazole rings is 1. The molecule has 1 saturated heterocycles. The van der Waals surface area contributed by atoms with Gasteiger partial charge in [0.25, 0.3) is 0 Å². The summed E-state index contributed by atoms with van der Waals surface area (Å²) >= 11 is 0. The lowest BCUT2D eigenvalue weighted by atomic mass is 9.99. The third kappa shape index (κ3) is 2.93. The Labute approximate surface area is 129 Å². The van der Waals surface area contributed by atoms with Gasteiger partial charge in [0.1, 0.15) is 0 Å². The number of piperidine rings is 1. The second-order valence-electron chi connectivity index (χ2n) is 6.32. The SMILES string of the molecule is CC1CCCN(C(=O)CCc2ccc3oc(=O)n(C)c3c2)C1. The number of hydrogen-bond acceptors (Lipinski definition) is 3. The first-order valence-electron chi connectivity index (χ1n) is 7.91. The molecular weight excluding hydrogens is 280 g/mol. The molecule has 5 nitrogen and oxygen atoms in total. The Balaban J connectivity index is 1.67. The Morgan fingerprint density at radius 2 is 2.23 bits per heavy atom. The van der Waals surface area contributed by atoms with Gasteiger partial charge < -0.3 is 9.32 Å². The highest BCUT2D eigenvalue weighted by molar-refractivity contribution is 5.77. The highest BCUT2D eigenvalue weighted by Gasteiger charge is 2.20. The molecule has 0 aliphatic carbocycles. The first-order valence-corrected chi connectivity index (χ1v) is 7.91. The molecule has 1 fully saturated rings. The van der Waals surface area contributed by atoms with Crippen LogP contribution in [0.5, 0.6) is 0 Å². The van der Waals surface area contributed by atoms with Gasteiger partial charge in [-0.25, -0.2) is 4.79 Å². The summed E-state index contributed by atoms with van der Waals surface area (Å²) in [5, 5.41) is 0. The van der Waals surface area contributed by atoms with Crippen LogP contribution in [0, 0.1) is 5.92 Å². The first kappa shape index (κ1) is 14.9. The van der Waals surface area contributed by atoms with Gasteiger partial charge in [-0.3, -0.25) is 9.36 Å². The maximum absolute atomic E-state index is 12.3. The topological polar surface area (TPSA) is 55.5 Å². The number of carbonyl (C=O) groups is 1. The molecule has 1 aliphatic heterocycles. The number of benzene rings is 1. The van der Waals surface area contributed by atoms with E-state index in [4.69, 9.17) is 4.42 Å². The van der Waals surface area contributed by atoms with Gasteiger partial charge in [-0.2, -0.15) is 0 Å². The van der Waals surface area contributed by atoms with E-state index >= 15 is 0 Å². The zero-order valence-electron chi connectivity index (χ0n) is 13.2. The van der Waals surface area contributed by atoms with Gasteiger partial charge in [-0.05, 0) is 42.9 Å². The lowest BCUT2D eigenvalue weighted by Gasteiger charge is -2.31. The summed E-state index contributed by atoms with van der Waals surface area (Å²) in [6.45, 7) is 3.97. The number of likely N-dealkylation sites (tertiary alicyclic amines) is 1. The van der Waals surface area contributed by atoms with Gasteiger partial charge in [-0.15, -0.1) is 0 Å². The largest absolute Gasteiger partial charge is 0.419 e. The van der Waals surface area contributed by atoms with Gasteiger partial charge in [0.05, 0.1) is 5.52 Å². The number of amides is 1. The van der Waals surface area contributed by atoms with E-state index in [0.717, 1.165) is 30.6 Å². The van der Waals surface area contributed by atoms with Crippen LogP contribution in [0.3, 0.4) is 0 Å². The molecule has 0 radical (unpaired) electrons. The molecular formula is C17H22N2O3. The van der Waals surface area contributed by atoms with E-state index < -0.39 is 0 Å². The van der Waals surface area contributed by atoms with Crippen LogP contribution in [0.15, 0.2) is 27.4 Å². The van der Waals surface area contributed by atoms with Gasteiger partial charge in [0, 0.05) is 26.6 Å². The maximum atomic E-state index is 12.3. The fraction of sp³-hybridized carbons (Fsp3) is 0.529. The molecule has 0 N–H and O–H groups in total. The van der Waals surface area contributed by atoms with Crippen molar-refractivity contribution in [2.45, 2.75) is 32.6 Å². The average Bonchev–Trinajstić information content (AvgIpc) is 2.80. The Kier molecular flexibility index (Phi) is 4.05. The van der Waals surface area contributed by atoms with Crippen molar-refractivity contribution in [2.24, 2.45) is 13.0 Å². The molecule has 5 heteroatoms. The number of aryl methyl sites for hydroxylation is 2. The van der Waals surface area contributed by atoms with Crippen LogP contribution in [-0.2, 0) is 18.3 Å². The smallest absolute Gasteiger partial charge is 0.408 e. The lowest BCUT2D eigenvalue weighted by molar-refractivity contribution is -0.132. The quantitative estimate of drug-likeness (QED) is 0.874. The minimum atomic E-state index is -0.356. The number of rotatable bonds is 3. The van der Waals surface area contributed by atoms with Crippen molar-refractivity contribution in [1.82, 2.24) is 9.47 Å². The predicted octanol–water partition coefficient (Wildman–Crippen LogP) is 2.32. The van der Waals surface area contributed by atoms with Crippen molar-refractivity contribution in [3.8, 4) is 0 Å². The van der Waals surface area contributed by atoms with Crippen LogP contribution in [-0.4, -0.2) is 28.5 Å². The second kappa shape index (κ2) is 5.99. The summed E-state index contributed by atoms with van der Waals surface area (Å²) in [5.41, 5.74) is 2.43. The zero-order chi connectivity index (χ0) is 15.7. The van der Waals surface area contributed by atoms with E-state index in [1.54, 1.807) is 13.1 Å². The van der Waals surface area contributed by atoms with Crippen molar-refractivity contribution in [3.63, 3.8) is 0 Å². The molecule has 1 aromatic heterocycles. The highest BCUT2D eigenvalue weighted by atomic mass is 16.4. The average molecular weight is 302 g/mol. The van der Waals surface area contributed by atoms with E-state index in [2.05, 4.69) is 6.92 Å². The normalized spacial score (nSPS) is 18.8. The Morgan fingerprint density at radius 1 is 1.41 bits per heavy atom. The van der Waals surface area contributed by atoms with Crippen molar-refractivity contribution in [1.29, 1.82) is 0 Å². The van der Waals surface area contributed by atoms with Crippen molar-refractivity contribution in [3.05, 3.63) is 34.3 Å². The molecule has 1 aliphatic rings. The summed E-state index contributed by atoms with van der Waals surface area (Å²) in [7, 11) is 1.69. The van der Waals surface area contributed by atoms with E-state index in [0.29, 0.717) is 24.3 Å². The Bertz CT molecular complexity index is 744. The van der Waals surface area contributed by atoms with Gasteiger partial charge in [0.2, 0.25) is 5.91 Å². The molecule has 3 rings (SSSR count). The van der Waals surface area contributed by atoms with Crippen LogP contribution in [0.4, 0.5) is 0 Å². The standard InChI is InChI=1S/C17H22N2O3/c1-12-4-3-9-19(11-12)16(20)8-6-13-5-7-15-14(10-13)18(2)17(21)22-15/h5,7,10,12H,3-4,6,8-9,11H2,1-2H3. The number of hydrogen-bond donors (Lipinski definition) is 0. The van der Waals surface area contributed by atoms with Crippen molar-refractivity contribution < 1.29 is 9.21 Å². The van der Waals surface area contributed by atoms with E-state index in [1.165, 1.54) is 11.0 Å². The summed E-state index contributed by atoms with van der Waals surface area (Å²) in [6, 6.07) is 5.67. The minimum Gasteiger partial charge on any atom is -0.408 e. The molecule has 2 aromatic rings. The van der Waals surface area contributed by atoms with Crippen LogP contribution in [0.25, 0.3) is 11.1 Å². The Hall–Kier alpha value is -2.04. The third-order valence-electron chi connectivity index (χ3n) is 4.49. The van der Waals surface area contributed by atoms with E-state index in [-0.39, 0.29) is 11.7 Å². The molecule has 1 unspecified atom stereocenters. The van der Waals surface area contributed by atoms with E-state index in [1.807, 2.05) is 17.0 Å². The predicted molar refractivity (Wildman–Crippen MR) is 84.8 cm³/mol. The molecule has 118 valence electrons. The van der Waals surface area contributed by atoms with Crippen molar-refractivity contribution >= 4 is 17.0 Å². The lowest BCUT2D eigenvalue weighted by Crippen LogP contribution is -2.39. The summed E-state index contributed by atoms with van der Waals surface area (Å²) in [5.74, 6) is 0.479. The highest BCUT2D eigenvalue weighted by Crippen LogP contribution is 2.18. The molecule has 22 heavy (non-hydrogen) atoms.